The summed E-state index contributed by atoms with van der Waals surface area (Å²) in [4.78, 5) is 8.02. The van der Waals surface area contributed by atoms with Crippen LogP contribution in [0.25, 0.3) is 10.9 Å². The van der Waals surface area contributed by atoms with Crippen LogP contribution in [-0.2, 0) is 5.41 Å². The van der Waals surface area contributed by atoms with Crippen LogP contribution < -0.4 is 10.1 Å². The number of hydrogen-bond acceptors (Lipinski definition) is 5. The number of methoxy groups -OCH3 is 1. The highest BCUT2D eigenvalue weighted by atomic mass is 19.4. The van der Waals surface area contributed by atoms with Crippen molar-refractivity contribution in [3.63, 3.8) is 0 Å². The van der Waals surface area contributed by atoms with Crippen LogP contribution in [0, 0.1) is 18.6 Å². The molecular formula is C23H22F5N3O2. The Morgan fingerprint density at radius 3 is 2.42 bits per heavy atom. The maximum Gasteiger partial charge on any atom is 0.419 e. The van der Waals surface area contributed by atoms with E-state index in [-0.39, 0.29) is 39.3 Å². The van der Waals surface area contributed by atoms with E-state index in [1.54, 1.807) is 6.92 Å². The lowest BCUT2D eigenvalue weighted by atomic mass is 9.63. The van der Waals surface area contributed by atoms with Crippen molar-refractivity contribution in [1.82, 2.24) is 9.97 Å². The number of nitrogens with one attached hydrogen (secondary N) is 1. The molecule has 0 saturated heterocycles. The third kappa shape index (κ3) is 3.56. The van der Waals surface area contributed by atoms with E-state index in [1.165, 1.54) is 39.3 Å². The van der Waals surface area contributed by atoms with Gasteiger partial charge in [0.15, 0.2) is 5.60 Å². The van der Waals surface area contributed by atoms with Gasteiger partial charge in [0.25, 0.3) is 0 Å². The van der Waals surface area contributed by atoms with Gasteiger partial charge < -0.3 is 15.2 Å². The number of fused-ring (bicyclic) bond motifs is 2. The fourth-order valence-electron chi connectivity index (χ4n) is 4.74. The van der Waals surface area contributed by atoms with E-state index in [0.717, 1.165) is 12.1 Å². The molecule has 0 amide bonds. The number of halogens is 5. The third-order valence-electron chi connectivity index (χ3n) is 6.14. The number of nitrogens with zero attached hydrogens (tertiary/aromatic N) is 2. The van der Waals surface area contributed by atoms with E-state index in [4.69, 9.17) is 4.74 Å². The fourth-order valence-corrected chi connectivity index (χ4v) is 4.74. The van der Waals surface area contributed by atoms with E-state index in [9.17, 15) is 22.7 Å². The summed E-state index contributed by atoms with van der Waals surface area (Å²) in [5.41, 5.74) is -4.86. The van der Waals surface area contributed by atoms with Gasteiger partial charge in [0.1, 0.15) is 28.7 Å². The van der Waals surface area contributed by atoms with Gasteiger partial charge in [-0.1, -0.05) is 13.8 Å². The van der Waals surface area contributed by atoms with E-state index in [2.05, 4.69) is 15.3 Å². The molecule has 0 bridgehead atoms. The molecule has 3 aromatic rings. The maximum atomic E-state index is 15.2. The zero-order valence-electron chi connectivity index (χ0n) is 18.3. The second kappa shape index (κ2) is 7.51. The summed E-state index contributed by atoms with van der Waals surface area (Å²) >= 11 is 0. The van der Waals surface area contributed by atoms with E-state index in [1.807, 2.05) is 0 Å². The predicted molar refractivity (Wildman–Crippen MR) is 112 cm³/mol. The number of rotatable bonds is 3. The summed E-state index contributed by atoms with van der Waals surface area (Å²) in [5, 5.41) is 13.8. The minimum atomic E-state index is -5.11. The highest BCUT2D eigenvalue weighted by Gasteiger charge is 2.65. The topological polar surface area (TPSA) is 67.3 Å². The summed E-state index contributed by atoms with van der Waals surface area (Å²) in [7, 11) is 1.34. The maximum absolute atomic E-state index is 15.2. The lowest BCUT2D eigenvalue weighted by Gasteiger charge is -2.49. The van der Waals surface area contributed by atoms with Gasteiger partial charge in [-0.2, -0.15) is 13.2 Å². The molecule has 0 aliphatic heterocycles. The number of aryl methyl sites for hydroxylation is 1. The molecule has 2 atom stereocenters. The zero-order valence-corrected chi connectivity index (χ0v) is 18.3. The van der Waals surface area contributed by atoms with Crippen molar-refractivity contribution >= 4 is 16.6 Å². The number of benzene rings is 2. The molecule has 2 N–H and O–H groups in total. The largest absolute Gasteiger partial charge is 0.496 e. The molecule has 1 heterocycles. The van der Waals surface area contributed by atoms with Crippen LogP contribution >= 0.6 is 0 Å². The molecule has 1 aliphatic rings. The van der Waals surface area contributed by atoms with Crippen molar-refractivity contribution in [1.29, 1.82) is 0 Å². The van der Waals surface area contributed by atoms with Crippen molar-refractivity contribution in [2.75, 3.05) is 12.4 Å². The smallest absolute Gasteiger partial charge is 0.419 e. The Hall–Kier alpha value is -3.01. The first kappa shape index (κ1) is 23.2. The van der Waals surface area contributed by atoms with Gasteiger partial charge >= 0.3 is 6.18 Å². The first-order valence-corrected chi connectivity index (χ1v) is 10.1. The van der Waals surface area contributed by atoms with Gasteiger partial charge in [0, 0.05) is 28.4 Å². The summed E-state index contributed by atoms with van der Waals surface area (Å²) in [5.74, 6) is -1.15. The van der Waals surface area contributed by atoms with Crippen LogP contribution in [0.15, 0.2) is 30.5 Å². The fraction of sp³-hybridized carbons (Fsp3) is 0.391. The Labute approximate surface area is 186 Å². The molecule has 4 rings (SSSR count). The van der Waals surface area contributed by atoms with Gasteiger partial charge in [0.2, 0.25) is 0 Å². The van der Waals surface area contributed by atoms with Crippen LogP contribution in [0.2, 0.25) is 0 Å². The Bertz CT molecular complexity index is 1240. The minimum Gasteiger partial charge on any atom is -0.496 e. The molecule has 0 saturated carbocycles. The Balaban J connectivity index is 2.00. The summed E-state index contributed by atoms with van der Waals surface area (Å²) in [6.45, 7) is 4.53. The molecule has 2 aromatic carbocycles. The molecule has 1 aromatic heterocycles. The Morgan fingerprint density at radius 2 is 1.79 bits per heavy atom. The number of aromatic nitrogens is 2. The first-order valence-electron chi connectivity index (χ1n) is 10.1. The van der Waals surface area contributed by atoms with Crippen LogP contribution in [0.3, 0.4) is 0 Å². The van der Waals surface area contributed by atoms with Crippen molar-refractivity contribution in [3.8, 4) is 5.75 Å². The molecule has 10 heteroatoms. The molecule has 33 heavy (non-hydrogen) atoms. The van der Waals surface area contributed by atoms with Crippen LogP contribution in [0.4, 0.5) is 27.6 Å². The van der Waals surface area contributed by atoms with Gasteiger partial charge in [-0.3, -0.25) is 0 Å². The molecule has 0 spiro atoms. The SMILES string of the molecule is COc1ccc(F)c2c1C(C)(C)C[C@@](O)(C(F)(F)F)[C@@H]2Nc1ccc(F)c2nc(C)ncc12. The number of ether oxygens (including phenoxy) is 1. The van der Waals surface area contributed by atoms with E-state index in [0.29, 0.717) is 0 Å². The Kier molecular flexibility index (Phi) is 5.27. The molecule has 0 unspecified atom stereocenters. The quantitative estimate of drug-likeness (QED) is 0.508. The normalized spacial score (nSPS) is 22.2. The van der Waals surface area contributed by atoms with Crippen LogP contribution in [0.1, 0.15) is 43.3 Å². The van der Waals surface area contributed by atoms with Crippen LogP contribution in [-0.4, -0.2) is 34.0 Å². The second-order valence-corrected chi connectivity index (χ2v) is 8.87. The number of aliphatic hydroxyl groups is 1. The highest BCUT2D eigenvalue weighted by molar-refractivity contribution is 5.91. The Morgan fingerprint density at radius 1 is 1.12 bits per heavy atom. The van der Waals surface area contributed by atoms with Crippen molar-refractivity contribution < 1.29 is 31.8 Å². The zero-order chi connectivity index (χ0) is 24.3. The van der Waals surface area contributed by atoms with Crippen molar-refractivity contribution in [2.45, 2.75) is 50.4 Å². The lowest BCUT2D eigenvalue weighted by Crippen LogP contribution is -2.58. The first-order chi connectivity index (χ1) is 15.3. The molecule has 0 radical (unpaired) electrons. The third-order valence-corrected chi connectivity index (χ3v) is 6.14. The standard InChI is InChI=1S/C23H22F5N3O2/c1-11-29-9-12-15(7-5-14(25)19(12)30-11)31-20-17-13(24)6-8-16(33-4)18(17)21(2,3)10-22(20,32)23(26,27)28/h5-9,20,31-32H,10H2,1-4H3/t20-,22+/m1/s1. The van der Waals surface area contributed by atoms with Crippen molar-refractivity contribution in [2.24, 2.45) is 0 Å². The summed E-state index contributed by atoms with van der Waals surface area (Å²) < 4.78 is 77.9. The van der Waals surface area contributed by atoms with Gasteiger partial charge in [-0.15, -0.1) is 0 Å². The van der Waals surface area contributed by atoms with Gasteiger partial charge in [-0.25, -0.2) is 18.7 Å². The highest BCUT2D eigenvalue weighted by Crippen LogP contribution is 2.57. The molecule has 0 fully saturated rings. The second-order valence-electron chi connectivity index (χ2n) is 8.87. The van der Waals surface area contributed by atoms with Gasteiger partial charge in [0.05, 0.1) is 13.2 Å². The van der Waals surface area contributed by atoms with E-state index >= 15 is 4.39 Å². The van der Waals surface area contributed by atoms with E-state index < -0.39 is 41.3 Å². The number of anilines is 1. The number of alkyl halides is 3. The summed E-state index contributed by atoms with van der Waals surface area (Å²) in [6, 6.07) is 2.64. The average Bonchev–Trinajstić information content (AvgIpc) is 2.72. The van der Waals surface area contributed by atoms with Crippen molar-refractivity contribution in [3.05, 3.63) is 59.0 Å². The predicted octanol–water partition coefficient (Wildman–Crippen LogP) is 5.35. The summed E-state index contributed by atoms with van der Waals surface area (Å²) in [6.07, 6.45) is -4.61. The van der Waals surface area contributed by atoms with Crippen LogP contribution in [0.5, 0.6) is 5.75 Å². The monoisotopic (exact) mass is 467 g/mol. The average molecular weight is 467 g/mol. The molecular weight excluding hydrogens is 445 g/mol. The molecule has 176 valence electrons. The molecule has 1 aliphatic carbocycles. The number of hydrogen-bond donors (Lipinski definition) is 2. The minimum absolute atomic E-state index is 0.0203. The lowest BCUT2D eigenvalue weighted by molar-refractivity contribution is -0.276. The van der Waals surface area contributed by atoms with Gasteiger partial charge in [-0.05, 0) is 43.0 Å². The molecule has 5 nitrogen and oxygen atoms in total.